The van der Waals surface area contributed by atoms with Crippen molar-refractivity contribution in [3.8, 4) is 6.07 Å². The molecule has 1 atom stereocenters. The van der Waals surface area contributed by atoms with Gasteiger partial charge in [-0.3, -0.25) is 0 Å². The maximum absolute atomic E-state index is 13.4. The molecule has 1 aromatic carbocycles. The van der Waals surface area contributed by atoms with Gasteiger partial charge in [0.1, 0.15) is 5.82 Å². The number of benzene rings is 1. The SMILES string of the molecule is CC(C#N)CN(C)Cc1cc(Br)ccc1F. The van der Waals surface area contributed by atoms with Crippen molar-refractivity contribution in [2.45, 2.75) is 13.5 Å². The predicted molar refractivity (Wildman–Crippen MR) is 65.2 cm³/mol. The zero-order chi connectivity index (χ0) is 12.1. The highest BCUT2D eigenvalue weighted by Gasteiger charge is 2.09. The molecule has 0 heterocycles. The summed E-state index contributed by atoms with van der Waals surface area (Å²) in [4.78, 5) is 1.94. The van der Waals surface area contributed by atoms with Gasteiger partial charge in [-0.2, -0.15) is 5.26 Å². The van der Waals surface area contributed by atoms with Crippen LogP contribution in [-0.4, -0.2) is 18.5 Å². The van der Waals surface area contributed by atoms with E-state index in [4.69, 9.17) is 5.26 Å². The molecule has 2 nitrogen and oxygen atoms in total. The molecule has 1 unspecified atom stereocenters. The molecule has 0 bridgehead atoms. The largest absolute Gasteiger partial charge is 0.301 e. The Bertz CT molecular complexity index is 400. The van der Waals surface area contributed by atoms with Crippen LogP contribution in [0.2, 0.25) is 0 Å². The molecule has 0 aliphatic heterocycles. The number of rotatable bonds is 4. The lowest BCUT2D eigenvalue weighted by atomic mass is 10.1. The Morgan fingerprint density at radius 3 is 2.88 bits per heavy atom. The molecule has 0 amide bonds. The van der Waals surface area contributed by atoms with Crippen molar-refractivity contribution < 1.29 is 4.39 Å². The van der Waals surface area contributed by atoms with Crippen LogP contribution in [0.4, 0.5) is 4.39 Å². The molecule has 0 fully saturated rings. The first kappa shape index (κ1) is 13.1. The fourth-order valence-electron chi connectivity index (χ4n) is 1.53. The normalized spacial score (nSPS) is 12.5. The third-order valence-electron chi connectivity index (χ3n) is 2.25. The average Bonchev–Trinajstić information content (AvgIpc) is 2.23. The first-order valence-electron chi connectivity index (χ1n) is 5.05. The Balaban J connectivity index is 2.66. The van der Waals surface area contributed by atoms with Crippen LogP contribution in [0, 0.1) is 23.1 Å². The first-order chi connectivity index (χ1) is 7.52. The molecule has 0 saturated carbocycles. The Hall–Kier alpha value is -0.920. The second-order valence-electron chi connectivity index (χ2n) is 3.96. The number of nitrogens with zero attached hydrogens (tertiary/aromatic N) is 2. The highest BCUT2D eigenvalue weighted by Crippen LogP contribution is 2.17. The van der Waals surface area contributed by atoms with Crippen molar-refractivity contribution in [2.75, 3.05) is 13.6 Å². The van der Waals surface area contributed by atoms with Gasteiger partial charge in [0.05, 0.1) is 12.0 Å². The molecule has 0 saturated heterocycles. The van der Waals surface area contributed by atoms with E-state index in [1.54, 1.807) is 12.1 Å². The van der Waals surface area contributed by atoms with Crippen molar-refractivity contribution in [3.63, 3.8) is 0 Å². The van der Waals surface area contributed by atoms with Crippen LogP contribution >= 0.6 is 15.9 Å². The quantitative estimate of drug-likeness (QED) is 0.849. The van der Waals surface area contributed by atoms with Crippen LogP contribution in [0.3, 0.4) is 0 Å². The summed E-state index contributed by atoms with van der Waals surface area (Å²) in [6, 6.07) is 7.05. The number of halogens is 2. The molecule has 1 rings (SSSR count). The van der Waals surface area contributed by atoms with Gasteiger partial charge in [0.15, 0.2) is 0 Å². The lowest BCUT2D eigenvalue weighted by Gasteiger charge is -2.18. The molecule has 16 heavy (non-hydrogen) atoms. The topological polar surface area (TPSA) is 27.0 Å². The second-order valence-corrected chi connectivity index (χ2v) is 4.88. The monoisotopic (exact) mass is 284 g/mol. The van der Waals surface area contributed by atoms with Crippen LogP contribution in [0.5, 0.6) is 0 Å². The van der Waals surface area contributed by atoms with E-state index in [2.05, 4.69) is 22.0 Å². The van der Waals surface area contributed by atoms with Crippen molar-refractivity contribution in [3.05, 3.63) is 34.1 Å². The minimum atomic E-state index is -0.209. The lowest BCUT2D eigenvalue weighted by Crippen LogP contribution is -2.23. The molecule has 0 spiro atoms. The molecule has 0 N–H and O–H groups in total. The van der Waals surface area contributed by atoms with Crippen molar-refractivity contribution >= 4 is 15.9 Å². The second kappa shape index (κ2) is 5.97. The van der Waals surface area contributed by atoms with E-state index in [0.29, 0.717) is 18.7 Å². The number of hydrogen-bond acceptors (Lipinski definition) is 2. The van der Waals surface area contributed by atoms with Gasteiger partial charge in [-0.15, -0.1) is 0 Å². The van der Waals surface area contributed by atoms with Gasteiger partial charge < -0.3 is 4.90 Å². The highest BCUT2D eigenvalue weighted by atomic mass is 79.9. The maximum Gasteiger partial charge on any atom is 0.127 e. The Morgan fingerprint density at radius 1 is 1.56 bits per heavy atom. The molecule has 0 radical (unpaired) electrons. The third kappa shape index (κ3) is 3.92. The Morgan fingerprint density at radius 2 is 2.25 bits per heavy atom. The molecule has 4 heteroatoms. The van der Waals surface area contributed by atoms with Gasteiger partial charge >= 0.3 is 0 Å². The van der Waals surface area contributed by atoms with Crippen LogP contribution in [0.25, 0.3) is 0 Å². The van der Waals surface area contributed by atoms with Crippen LogP contribution in [0.15, 0.2) is 22.7 Å². The molecule has 0 aliphatic carbocycles. The van der Waals surface area contributed by atoms with Crippen LogP contribution in [-0.2, 0) is 6.54 Å². The number of hydrogen-bond donors (Lipinski definition) is 0. The summed E-state index contributed by atoms with van der Waals surface area (Å²) >= 11 is 3.31. The highest BCUT2D eigenvalue weighted by molar-refractivity contribution is 9.10. The van der Waals surface area contributed by atoms with Crippen LogP contribution in [0.1, 0.15) is 12.5 Å². The summed E-state index contributed by atoms with van der Waals surface area (Å²) in [6.45, 7) is 3.01. The Labute approximate surface area is 104 Å². The van der Waals surface area contributed by atoms with Crippen molar-refractivity contribution in [2.24, 2.45) is 5.92 Å². The van der Waals surface area contributed by atoms with Gasteiger partial charge in [0, 0.05) is 23.1 Å². The molecule has 0 aliphatic rings. The zero-order valence-corrected chi connectivity index (χ0v) is 11.0. The average molecular weight is 285 g/mol. The summed E-state index contributed by atoms with van der Waals surface area (Å²) in [5.74, 6) is -0.250. The smallest absolute Gasteiger partial charge is 0.127 e. The molecular weight excluding hydrogens is 271 g/mol. The van der Waals surface area contributed by atoms with E-state index in [9.17, 15) is 4.39 Å². The van der Waals surface area contributed by atoms with Crippen molar-refractivity contribution in [1.29, 1.82) is 5.26 Å². The van der Waals surface area contributed by atoms with Gasteiger partial charge in [0.2, 0.25) is 0 Å². The van der Waals surface area contributed by atoms with Crippen LogP contribution < -0.4 is 0 Å². The minimum Gasteiger partial charge on any atom is -0.301 e. The van der Waals surface area contributed by atoms with E-state index in [1.165, 1.54) is 6.07 Å². The predicted octanol–water partition coefficient (Wildman–Crippen LogP) is 3.18. The maximum atomic E-state index is 13.4. The molecule has 0 aromatic heterocycles. The molecule has 86 valence electrons. The Kier molecular flexibility index (Phi) is 4.91. The molecular formula is C12H14BrFN2. The summed E-state index contributed by atoms with van der Waals surface area (Å²) in [5, 5.41) is 8.69. The number of nitriles is 1. The van der Waals surface area contributed by atoms with Gasteiger partial charge in [0.25, 0.3) is 0 Å². The summed E-state index contributed by atoms with van der Waals surface area (Å²) in [6.07, 6.45) is 0. The van der Waals surface area contributed by atoms with Gasteiger partial charge in [-0.05, 0) is 32.2 Å². The standard InChI is InChI=1S/C12H14BrFN2/c1-9(6-15)7-16(2)8-10-5-11(13)3-4-12(10)14/h3-5,9H,7-8H2,1-2H3. The van der Waals surface area contributed by atoms with Gasteiger partial charge in [-0.1, -0.05) is 15.9 Å². The third-order valence-corrected chi connectivity index (χ3v) is 2.75. The van der Waals surface area contributed by atoms with E-state index in [0.717, 1.165) is 4.47 Å². The van der Waals surface area contributed by atoms with E-state index >= 15 is 0 Å². The van der Waals surface area contributed by atoms with Gasteiger partial charge in [-0.25, -0.2) is 4.39 Å². The van der Waals surface area contributed by atoms with E-state index < -0.39 is 0 Å². The van der Waals surface area contributed by atoms with E-state index in [1.807, 2.05) is 18.9 Å². The molecule has 1 aromatic rings. The fourth-order valence-corrected chi connectivity index (χ4v) is 1.94. The minimum absolute atomic E-state index is 0.0415. The van der Waals surface area contributed by atoms with Crippen molar-refractivity contribution in [1.82, 2.24) is 4.90 Å². The zero-order valence-electron chi connectivity index (χ0n) is 9.37. The first-order valence-corrected chi connectivity index (χ1v) is 5.84. The summed E-state index contributed by atoms with van der Waals surface area (Å²) in [7, 11) is 1.88. The van der Waals surface area contributed by atoms with E-state index in [-0.39, 0.29) is 11.7 Å². The lowest BCUT2D eigenvalue weighted by molar-refractivity contribution is 0.298. The fraction of sp³-hybridized carbons (Fsp3) is 0.417. The summed E-state index contributed by atoms with van der Waals surface area (Å²) in [5.41, 5.74) is 0.641. The summed E-state index contributed by atoms with van der Waals surface area (Å²) < 4.78 is 14.3.